The average molecular weight is 252 g/mol. The summed E-state index contributed by atoms with van der Waals surface area (Å²) in [5, 5.41) is 3.11. The molecule has 0 aromatic heterocycles. The zero-order valence-corrected chi connectivity index (χ0v) is 10.9. The molecule has 1 aromatic carbocycles. The molecule has 1 aromatic rings. The van der Waals surface area contributed by atoms with Crippen molar-refractivity contribution in [1.29, 1.82) is 0 Å². The molecule has 1 rings (SSSR count). The lowest BCUT2D eigenvalue weighted by atomic mass is 10.2. The lowest BCUT2D eigenvalue weighted by molar-refractivity contribution is -0.142. The van der Waals surface area contributed by atoms with E-state index in [2.05, 4.69) is 5.32 Å². The monoisotopic (exact) mass is 252 g/mol. The highest BCUT2D eigenvalue weighted by molar-refractivity contribution is 5.70. The topological polar surface area (TPSA) is 73.6 Å². The number of hydrogen-bond donors (Lipinski definition) is 2. The normalized spacial score (nSPS) is 9.89. The molecule has 0 saturated carbocycles. The fourth-order valence-corrected chi connectivity index (χ4v) is 1.52. The second kappa shape index (κ2) is 7.42. The molecular formula is C13H20N2O3. The van der Waals surface area contributed by atoms with Crippen molar-refractivity contribution in [2.75, 3.05) is 30.8 Å². The molecule has 0 amide bonds. The molecule has 100 valence electrons. The van der Waals surface area contributed by atoms with Crippen LogP contribution in [0.5, 0.6) is 5.75 Å². The Labute approximate surface area is 107 Å². The van der Waals surface area contributed by atoms with Gasteiger partial charge in [-0.2, -0.15) is 0 Å². The van der Waals surface area contributed by atoms with E-state index in [4.69, 9.17) is 15.2 Å². The van der Waals surface area contributed by atoms with Gasteiger partial charge in [0.25, 0.3) is 0 Å². The van der Waals surface area contributed by atoms with E-state index in [1.807, 2.05) is 13.0 Å². The van der Waals surface area contributed by atoms with E-state index in [0.717, 1.165) is 11.4 Å². The molecule has 3 N–H and O–H groups in total. The van der Waals surface area contributed by atoms with E-state index in [1.54, 1.807) is 19.1 Å². The Morgan fingerprint density at radius 3 is 2.72 bits per heavy atom. The number of nitrogens with two attached hydrogens (primary N) is 1. The van der Waals surface area contributed by atoms with E-state index in [1.165, 1.54) is 0 Å². The van der Waals surface area contributed by atoms with Gasteiger partial charge in [0.05, 0.1) is 19.6 Å². The molecular weight excluding hydrogens is 232 g/mol. The maximum atomic E-state index is 11.2. The number of nitrogens with one attached hydrogen (secondary N) is 1. The van der Waals surface area contributed by atoms with Gasteiger partial charge in [-0.05, 0) is 19.9 Å². The van der Waals surface area contributed by atoms with Gasteiger partial charge in [0.2, 0.25) is 0 Å². The lowest BCUT2D eigenvalue weighted by Gasteiger charge is -2.10. The molecule has 0 aliphatic heterocycles. The molecule has 0 atom stereocenters. The van der Waals surface area contributed by atoms with Gasteiger partial charge in [0.1, 0.15) is 5.75 Å². The summed E-state index contributed by atoms with van der Waals surface area (Å²) in [7, 11) is 0. The Bertz CT molecular complexity index is 394. The molecule has 0 saturated heterocycles. The van der Waals surface area contributed by atoms with Crippen LogP contribution in [0.15, 0.2) is 18.2 Å². The minimum absolute atomic E-state index is 0.209. The zero-order valence-electron chi connectivity index (χ0n) is 10.9. The van der Waals surface area contributed by atoms with Crippen molar-refractivity contribution in [3.05, 3.63) is 18.2 Å². The number of nitrogen functional groups attached to an aromatic ring is 1. The maximum absolute atomic E-state index is 11.2. The smallest absolute Gasteiger partial charge is 0.307 e. The first kappa shape index (κ1) is 14.2. The first-order chi connectivity index (χ1) is 8.65. The van der Waals surface area contributed by atoms with Crippen LogP contribution in [0.25, 0.3) is 0 Å². The molecule has 0 bridgehead atoms. The van der Waals surface area contributed by atoms with Gasteiger partial charge in [-0.1, -0.05) is 0 Å². The van der Waals surface area contributed by atoms with Gasteiger partial charge < -0.3 is 20.5 Å². The van der Waals surface area contributed by atoms with Gasteiger partial charge in [0, 0.05) is 30.1 Å². The van der Waals surface area contributed by atoms with Crippen LogP contribution < -0.4 is 15.8 Å². The molecule has 0 heterocycles. The molecule has 0 radical (unpaired) electrons. The largest absolute Gasteiger partial charge is 0.494 e. The van der Waals surface area contributed by atoms with Crippen LogP contribution >= 0.6 is 0 Å². The Kier molecular flexibility index (Phi) is 5.84. The molecule has 18 heavy (non-hydrogen) atoms. The predicted octanol–water partition coefficient (Wildman–Crippen LogP) is 2.03. The second-order valence-electron chi connectivity index (χ2n) is 3.71. The predicted molar refractivity (Wildman–Crippen MR) is 71.8 cm³/mol. The zero-order chi connectivity index (χ0) is 13.4. The third-order valence-corrected chi connectivity index (χ3v) is 2.20. The Morgan fingerprint density at radius 1 is 1.28 bits per heavy atom. The summed E-state index contributed by atoms with van der Waals surface area (Å²) in [6.45, 7) is 5.21. The van der Waals surface area contributed by atoms with Gasteiger partial charge in [0.15, 0.2) is 0 Å². The number of benzene rings is 1. The maximum Gasteiger partial charge on any atom is 0.307 e. The number of ether oxygens (including phenoxy) is 2. The molecule has 0 aliphatic rings. The summed E-state index contributed by atoms with van der Waals surface area (Å²) in [6.07, 6.45) is 0.326. The van der Waals surface area contributed by atoms with Gasteiger partial charge in [-0.3, -0.25) is 4.79 Å². The van der Waals surface area contributed by atoms with Crippen molar-refractivity contribution in [3.8, 4) is 5.75 Å². The minimum atomic E-state index is -0.209. The summed E-state index contributed by atoms with van der Waals surface area (Å²) >= 11 is 0. The lowest BCUT2D eigenvalue weighted by Crippen LogP contribution is -2.11. The van der Waals surface area contributed by atoms with Crippen LogP contribution in [0.2, 0.25) is 0 Å². The third kappa shape index (κ3) is 4.95. The highest BCUT2D eigenvalue weighted by atomic mass is 16.5. The Hall–Kier alpha value is -1.91. The highest BCUT2D eigenvalue weighted by Gasteiger charge is 2.03. The SMILES string of the molecule is CCOC(=O)CCNc1cc(N)cc(OCC)c1. The summed E-state index contributed by atoms with van der Waals surface area (Å²) in [4.78, 5) is 11.2. The number of carbonyl (C=O) groups is 1. The fourth-order valence-electron chi connectivity index (χ4n) is 1.52. The number of anilines is 2. The van der Waals surface area contributed by atoms with Crippen LogP contribution in [-0.2, 0) is 9.53 Å². The molecule has 0 fully saturated rings. The van der Waals surface area contributed by atoms with E-state index >= 15 is 0 Å². The minimum Gasteiger partial charge on any atom is -0.494 e. The van der Waals surface area contributed by atoms with E-state index in [-0.39, 0.29) is 5.97 Å². The summed E-state index contributed by atoms with van der Waals surface area (Å²) < 4.78 is 10.2. The van der Waals surface area contributed by atoms with Crippen LogP contribution in [0.4, 0.5) is 11.4 Å². The number of rotatable bonds is 7. The molecule has 0 spiro atoms. The first-order valence-electron chi connectivity index (χ1n) is 6.08. The summed E-state index contributed by atoms with van der Waals surface area (Å²) in [5.74, 6) is 0.509. The Balaban J connectivity index is 2.48. The van der Waals surface area contributed by atoms with Crippen LogP contribution in [0.3, 0.4) is 0 Å². The van der Waals surface area contributed by atoms with Crippen molar-refractivity contribution < 1.29 is 14.3 Å². The molecule has 5 nitrogen and oxygen atoms in total. The molecule has 5 heteroatoms. The quantitative estimate of drug-likeness (QED) is 0.574. The number of carbonyl (C=O) groups excluding carboxylic acids is 1. The van der Waals surface area contributed by atoms with Crippen LogP contribution in [0, 0.1) is 0 Å². The van der Waals surface area contributed by atoms with E-state index in [0.29, 0.717) is 31.9 Å². The van der Waals surface area contributed by atoms with Gasteiger partial charge in [-0.25, -0.2) is 0 Å². The van der Waals surface area contributed by atoms with Crippen molar-refractivity contribution in [2.45, 2.75) is 20.3 Å². The van der Waals surface area contributed by atoms with Crippen molar-refractivity contribution >= 4 is 17.3 Å². The van der Waals surface area contributed by atoms with Crippen molar-refractivity contribution in [1.82, 2.24) is 0 Å². The number of hydrogen-bond acceptors (Lipinski definition) is 5. The summed E-state index contributed by atoms with van der Waals surface area (Å²) in [6, 6.07) is 5.42. The van der Waals surface area contributed by atoms with Crippen LogP contribution in [-0.4, -0.2) is 25.7 Å². The first-order valence-corrected chi connectivity index (χ1v) is 6.08. The summed E-state index contributed by atoms with van der Waals surface area (Å²) in [5.41, 5.74) is 7.22. The average Bonchev–Trinajstić information content (AvgIpc) is 2.29. The van der Waals surface area contributed by atoms with Gasteiger partial charge in [-0.15, -0.1) is 0 Å². The third-order valence-electron chi connectivity index (χ3n) is 2.20. The number of esters is 1. The second-order valence-corrected chi connectivity index (χ2v) is 3.71. The van der Waals surface area contributed by atoms with Crippen molar-refractivity contribution in [3.63, 3.8) is 0 Å². The van der Waals surface area contributed by atoms with Gasteiger partial charge >= 0.3 is 5.97 Å². The molecule has 0 unspecified atom stereocenters. The van der Waals surface area contributed by atoms with E-state index in [9.17, 15) is 4.79 Å². The van der Waals surface area contributed by atoms with Crippen molar-refractivity contribution in [2.24, 2.45) is 0 Å². The highest BCUT2D eigenvalue weighted by Crippen LogP contribution is 2.22. The molecule has 0 aliphatic carbocycles. The fraction of sp³-hybridized carbons (Fsp3) is 0.462. The van der Waals surface area contributed by atoms with Crippen LogP contribution in [0.1, 0.15) is 20.3 Å². The Morgan fingerprint density at radius 2 is 2.06 bits per heavy atom. The standard InChI is InChI=1S/C13H20N2O3/c1-3-17-12-8-10(14)7-11(9-12)15-6-5-13(16)18-4-2/h7-9,15H,3-6,14H2,1-2H3. The van der Waals surface area contributed by atoms with E-state index < -0.39 is 0 Å².